The Labute approximate surface area is 87.5 Å². The molecule has 0 heterocycles. The van der Waals surface area contributed by atoms with Crippen LogP contribution in [0, 0.1) is 6.92 Å². The van der Waals surface area contributed by atoms with E-state index in [1.54, 1.807) is 0 Å². The lowest BCUT2D eigenvalue weighted by molar-refractivity contribution is 0.859. The minimum absolute atomic E-state index is 0.497. The van der Waals surface area contributed by atoms with Crippen molar-refractivity contribution in [2.24, 2.45) is 0 Å². The highest BCUT2D eigenvalue weighted by atomic mass is 14.9. The molecular formula is C13H21N. The van der Waals surface area contributed by atoms with E-state index in [2.05, 4.69) is 58.1 Å². The molecule has 0 aliphatic rings. The molecule has 1 N–H and O–H groups in total. The summed E-state index contributed by atoms with van der Waals surface area (Å²) < 4.78 is 0. The Kier molecular flexibility index (Phi) is 3.56. The van der Waals surface area contributed by atoms with Crippen LogP contribution >= 0.6 is 0 Å². The first-order valence-corrected chi connectivity index (χ1v) is 5.37. The first kappa shape index (κ1) is 11.1. The zero-order chi connectivity index (χ0) is 10.7. The third kappa shape index (κ3) is 3.06. The lowest BCUT2D eigenvalue weighted by Crippen LogP contribution is -2.10. The van der Waals surface area contributed by atoms with Crippen LogP contribution in [-0.4, -0.2) is 6.04 Å². The van der Waals surface area contributed by atoms with Gasteiger partial charge < -0.3 is 5.32 Å². The number of benzene rings is 1. The molecule has 1 heteroatoms. The average molecular weight is 191 g/mol. The van der Waals surface area contributed by atoms with Gasteiger partial charge in [-0.1, -0.05) is 19.9 Å². The Morgan fingerprint density at radius 2 is 1.64 bits per heavy atom. The van der Waals surface area contributed by atoms with E-state index in [9.17, 15) is 0 Å². The van der Waals surface area contributed by atoms with Gasteiger partial charge in [-0.3, -0.25) is 0 Å². The van der Waals surface area contributed by atoms with E-state index in [0.717, 1.165) is 0 Å². The topological polar surface area (TPSA) is 12.0 Å². The maximum atomic E-state index is 3.44. The van der Waals surface area contributed by atoms with Crippen LogP contribution in [0.15, 0.2) is 18.2 Å². The number of hydrogen-bond donors (Lipinski definition) is 1. The number of hydrogen-bond acceptors (Lipinski definition) is 1. The number of anilines is 1. The Morgan fingerprint density at radius 3 is 2.14 bits per heavy atom. The average Bonchev–Trinajstić information content (AvgIpc) is 2.01. The third-order valence-electron chi connectivity index (χ3n) is 2.22. The predicted molar refractivity (Wildman–Crippen MR) is 64.0 cm³/mol. The van der Waals surface area contributed by atoms with Gasteiger partial charge in [0.2, 0.25) is 0 Å². The first-order chi connectivity index (χ1) is 6.49. The highest BCUT2D eigenvalue weighted by Crippen LogP contribution is 2.21. The van der Waals surface area contributed by atoms with Gasteiger partial charge in [0.05, 0.1) is 0 Å². The Balaban J connectivity index is 2.95. The summed E-state index contributed by atoms with van der Waals surface area (Å²) >= 11 is 0. The van der Waals surface area contributed by atoms with Crippen LogP contribution in [0.25, 0.3) is 0 Å². The van der Waals surface area contributed by atoms with Crippen molar-refractivity contribution in [3.05, 3.63) is 29.3 Å². The summed E-state index contributed by atoms with van der Waals surface area (Å²) in [6.45, 7) is 10.9. The van der Waals surface area contributed by atoms with Gasteiger partial charge in [0.25, 0.3) is 0 Å². The van der Waals surface area contributed by atoms with E-state index in [-0.39, 0.29) is 0 Å². The van der Waals surface area contributed by atoms with E-state index in [1.807, 2.05) is 0 Å². The summed E-state index contributed by atoms with van der Waals surface area (Å²) in [5.74, 6) is 0.600. The second-order valence-electron chi connectivity index (χ2n) is 4.59. The summed E-state index contributed by atoms with van der Waals surface area (Å²) in [6, 6.07) is 7.21. The second kappa shape index (κ2) is 4.50. The molecule has 1 aromatic rings. The van der Waals surface area contributed by atoms with Crippen molar-refractivity contribution in [1.29, 1.82) is 0 Å². The fraction of sp³-hybridized carbons (Fsp3) is 0.538. The molecule has 0 amide bonds. The molecule has 1 nitrogen and oxygen atoms in total. The molecule has 0 spiro atoms. The van der Waals surface area contributed by atoms with Crippen LogP contribution in [-0.2, 0) is 0 Å². The smallest absolute Gasteiger partial charge is 0.0347 e. The van der Waals surface area contributed by atoms with Crippen LogP contribution in [0.1, 0.15) is 44.7 Å². The molecule has 0 saturated heterocycles. The van der Waals surface area contributed by atoms with Crippen molar-refractivity contribution in [2.75, 3.05) is 5.32 Å². The fourth-order valence-corrected chi connectivity index (χ4v) is 1.56. The molecule has 0 bridgehead atoms. The molecule has 0 atom stereocenters. The molecular weight excluding hydrogens is 170 g/mol. The number of aryl methyl sites for hydroxylation is 1. The molecule has 78 valence electrons. The van der Waals surface area contributed by atoms with Crippen molar-refractivity contribution >= 4 is 5.69 Å². The summed E-state index contributed by atoms with van der Waals surface area (Å²) in [7, 11) is 0. The molecule has 0 saturated carbocycles. The van der Waals surface area contributed by atoms with E-state index in [1.165, 1.54) is 16.8 Å². The van der Waals surface area contributed by atoms with Crippen LogP contribution in [0.5, 0.6) is 0 Å². The quantitative estimate of drug-likeness (QED) is 0.763. The fourth-order valence-electron chi connectivity index (χ4n) is 1.56. The summed E-state index contributed by atoms with van der Waals surface area (Å²) in [5, 5.41) is 3.44. The van der Waals surface area contributed by atoms with E-state index >= 15 is 0 Å². The molecule has 0 aliphatic heterocycles. The standard InChI is InChI=1S/C13H21N/c1-9(2)12-6-11(5)7-13(8-12)14-10(3)4/h6-10,14H,1-5H3. The van der Waals surface area contributed by atoms with Gasteiger partial charge in [0.15, 0.2) is 0 Å². The van der Waals surface area contributed by atoms with Crippen LogP contribution in [0.2, 0.25) is 0 Å². The maximum Gasteiger partial charge on any atom is 0.0347 e. The zero-order valence-electron chi connectivity index (χ0n) is 9.89. The van der Waals surface area contributed by atoms with Crippen molar-refractivity contribution < 1.29 is 0 Å². The third-order valence-corrected chi connectivity index (χ3v) is 2.22. The second-order valence-corrected chi connectivity index (χ2v) is 4.59. The van der Waals surface area contributed by atoms with Gasteiger partial charge in [-0.2, -0.15) is 0 Å². The molecule has 0 unspecified atom stereocenters. The maximum absolute atomic E-state index is 3.44. The largest absolute Gasteiger partial charge is 0.383 e. The molecule has 0 fully saturated rings. The minimum atomic E-state index is 0.497. The highest BCUT2D eigenvalue weighted by molar-refractivity contribution is 5.49. The number of nitrogens with one attached hydrogen (secondary N) is 1. The van der Waals surface area contributed by atoms with Gasteiger partial charge in [-0.15, -0.1) is 0 Å². The summed E-state index contributed by atoms with van der Waals surface area (Å²) in [6.07, 6.45) is 0. The number of rotatable bonds is 3. The zero-order valence-corrected chi connectivity index (χ0v) is 9.89. The van der Waals surface area contributed by atoms with Gasteiger partial charge in [0.1, 0.15) is 0 Å². The van der Waals surface area contributed by atoms with Gasteiger partial charge in [-0.25, -0.2) is 0 Å². The van der Waals surface area contributed by atoms with Crippen LogP contribution in [0.3, 0.4) is 0 Å². The van der Waals surface area contributed by atoms with Crippen LogP contribution < -0.4 is 5.32 Å². The Bertz CT molecular complexity index is 300. The summed E-state index contributed by atoms with van der Waals surface area (Å²) in [5.41, 5.74) is 3.98. The molecule has 0 radical (unpaired) electrons. The van der Waals surface area contributed by atoms with Crippen molar-refractivity contribution in [2.45, 2.75) is 46.6 Å². The van der Waals surface area contributed by atoms with E-state index in [4.69, 9.17) is 0 Å². The minimum Gasteiger partial charge on any atom is -0.383 e. The highest BCUT2D eigenvalue weighted by Gasteiger charge is 2.03. The van der Waals surface area contributed by atoms with Gasteiger partial charge in [0, 0.05) is 11.7 Å². The molecule has 0 aliphatic carbocycles. The molecule has 1 rings (SSSR count). The summed E-state index contributed by atoms with van der Waals surface area (Å²) in [4.78, 5) is 0. The van der Waals surface area contributed by atoms with Crippen molar-refractivity contribution in [3.63, 3.8) is 0 Å². The van der Waals surface area contributed by atoms with E-state index in [0.29, 0.717) is 12.0 Å². The first-order valence-electron chi connectivity index (χ1n) is 5.37. The lowest BCUT2D eigenvalue weighted by Gasteiger charge is -2.14. The Morgan fingerprint density at radius 1 is 1.00 bits per heavy atom. The normalized spacial score (nSPS) is 11.1. The molecule has 1 aromatic carbocycles. The predicted octanol–water partition coefficient (Wildman–Crippen LogP) is 3.94. The van der Waals surface area contributed by atoms with Crippen molar-refractivity contribution in [1.82, 2.24) is 0 Å². The van der Waals surface area contributed by atoms with Gasteiger partial charge >= 0.3 is 0 Å². The molecule has 0 aromatic heterocycles. The van der Waals surface area contributed by atoms with Crippen molar-refractivity contribution in [3.8, 4) is 0 Å². The van der Waals surface area contributed by atoms with E-state index < -0.39 is 0 Å². The van der Waals surface area contributed by atoms with Gasteiger partial charge in [-0.05, 0) is 49.9 Å². The molecule has 14 heavy (non-hydrogen) atoms. The lowest BCUT2D eigenvalue weighted by atomic mass is 10.0. The SMILES string of the molecule is Cc1cc(NC(C)C)cc(C(C)C)c1. The Hall–Kier alpha value is -0.980. The monoisotopic (exact) mass is 191 g/mol. The van der Waals surface area contributed by atoms with Crippen LogP contribution in [0.4, 0.5) is 5.69 Å².